The van der Waals surface area contributed by atoms with E-state index in [1.54, 1.807) is 29.2 Å². The first-order chi connectivity index (χ1) is 22.4. The highest BCUT2D eigenvalue weighted by molar-refractivity contribution is 7.89. The number of rotatable bonds is 7. The molecule has 46 heavy (non-hydrogen) atoms. The highest BCUT2D eigenvalue weighted by atomic mass is 32.2. The van der Waals surface area contributed by atoms with Gasteiger partial charge in [0.1, 0.15) is 6.04 Å². The molecule has 4 aromatic rings. The molecule has 2 unspecified atom stereocenters. The van der Waals surface area contributed by atoms with E-state index < -0.39 is 34.0 Å². The number of likely N-dealkylation sites (tertiary alicyclic amines) is 1. The van der Waals surface area contributed by atoms with Gasteiger partial charge < -0.3 is 20.2 Å². The summed E-state index contributed by atoms with van der Waals surface area (Å²) in [4.78, 5) is 31.3. The summed E-state index contributed by atoms with van der Waals surface area (Å²) >= 11 is 0. The van der Waals surface area contributed by atoms with E-state index >= 15 is 0 Å². The van der Waals surface area contributed by atoms with Crippen molar-refractivity contribution in [2.75, 3.05) is 38.1 Å². The van der Waals surface area contributed by atoms with Gasteiger partial charge in [0.25, 0.3) is 0 Å². The average molecular weight is 639 g/mol. The molecule has 10 heteroatoms. The number of nitrogens with zero attached hydrogens (tertiary/aromatic N) is 3. The van der Waals surface area contributed by atoms with Gasteiger partial charge in [-0.05, 0) is 42.5 Å². The lowest BCUT2D eigenvalue weighted by molar-refractivity contribution is -0.141. The van der Waals surface area contributed by atoms with Crippen LogP contribution in [0.4, 0.5) is 10.5 Å². The molecule has 0 radical (unpaired) electrons. The molecule has 2 aliphatic rings. The molecule has 0 aromatic heterocycles. The number of sulfonamides is 1. The predicted octanol–water partition coefficient (Wildman–Crippen LogP) is 5.30. The van der Waals surface area contributed by atoms with E-state index in [0.29, 0.717) is 24.2 Å². The Hall–Kier alpha value is -4.51. The number of benzene rings is 4. The number of para-hydroxylation sites is 1. The summed E-state index contributed by atoms with van der Waals surface area (Å²) in [5.41, 5.74) is 3.69. The summed E-state index contributed by atoms with van der Waals surface area (Å²) < 4.78 is 30.2. The Morgan fingerprint density at radius 3 is 2.04 bits per heavy atom. The summed E-state index contributed by atoms with van der Waals surface area (Å²) in [6.45, 7) is 0.125. The lowest BCUT2D eigenvalue weighted by Gasteiger charge is -2.44. The molecule has 6 rings (SSSR count). The number of amides is 3. The Kier molecular flexibility index (Phi) is 9.48. The van der Waals surface area contributed by atoms with E-state index in [1.165, 1.54) is 9.21 Å². The van der Waals surface area contributed by atoms with Gasteiger partial charge in [0.2, 0.25) is 15.9 Å². The molecular weight excluding hydrogens is 600 g/mol. The van der Waals surface area contributed by atoms with Crippen LogP contribution in [0.3, 0.4) is 0 Å². The first-order valence-electron chi connectivity index (χ1n) is 15.7. The maximum absolute atomic E-state index is 14.5. The molecule has 4 aromatic carbocycles. The number of carbonyl (C=O) groups excluding carboxylic acids is 2. The van der Waals surface area contributed by atoms with Gasteiger partial charge in [-0.15, -0.1) is 0 Å². The fourth-order valence-corrected chi connectivity index (χ4v) is 8.22. The molecule has 2 N–H and O–H groups in total. The van der Waals surface area contributed by atoms with E-state index in [0.717, 1.165) is 29.5 Å². The Balaban J connectivity index is 1.32. The second kappa shape index (κ2) is 13.9. The number of piperazine rings is 1. The molecule has 2 saturated heterocycles. The van der Waals surface area contributed by atoms with Gasteiger partial charge in [-0.2, -0.15) is 4.31 Å². The van der Waals surface area contributed by atoms with Crippen LogP contribution in [-0.2, 0) is 14.8 Å². The van der Waals surface area contributed by atoms with E-state index in [9.17, 15) is 23.1 Å². The molecule has 2 fully saturated rings. The zero-order chi connectivity index (χ0) is 32.1. The highest BCUT2D eigenvalue weighted by Crippen LogP contribution is 2.33. The first-order valence-corrected chi connectivity index (χ1v) is 17.1. The van der Waals surface area contributed by atoms with Crippen LogP contribution in [0.5, 0.6) is 0 Å². The van der Waals surface area contributed by atoms with Crippen molar-refractivity contribution in [2.45, 2.75) is 36.2 Å². The van der Waals surface area contributed by atoms with Gasteiger partial charge in [-0.3, -0.25) is 4.79 Å². The van der Waals surface area contributed by atoms with Crippen LogP contribution in [0.2, 0.25) is 0 Å². The van der Waals surface area contributed by atoms with Crippen molar-refractivity contribution in [2.24, 2.45) is 0 Å². The summed E-state index contributed by atoms with van der Waals surface area (Å²) in [7, 11) is -4.18. The average Bonchev–Trinajstić information content (AvgIpc) is 3.12. The molecular formula is C36H38N4O5S. The van der Waals surface area contributed by atoms with Crippen molar-refractivity contribution in [3.05, 3.63) is 109 Å². The van der Waals surface area contributed by atoms with Crippen LogP contribution in [0.25, 0.3) is 22.3 Å². The fourth-order valence-electron chi connectivity index (χ4n) is 6.44. The normalized spacial score (nSPS) is 19.1. The molecule has 0 spiro atoms. The maximum Gasteiger partial charge on any atom is 0.321 e. The van der Waals surface area contributed by atoms with Crippen LogP contribution in [0, 0.1) is 0 Å². The summed E-state index contributed by atoms with van der Waals surface area (Å²) in [5.74, 6) is -0.401. The molecule has 2 heterocycles. The van der Waals surface area contributed by atoms with Crippen LogP contribution in [0.1, 0.15) is 19.3 Å². The molecule has 2 atom stereocenters. The van der Waals surface area contributed by atoms with Crippen molar-refractivity contribution < 1.29 is 23.1 Å². The smallest absolute Gasteiger partial charge is 0.321 e. The highest BCUT2D eigenvalue weighted by Gasteiger charge is 2.45. The Bertz CT molecular complexity index is 1780. The van der Waals surface area contributed by atoms with Crippen molar-refractivity contribution in [3.63, 3.8) is 0 Å². The Labute approximate surface area is 270 Å². The maximum atomic E-state index is 14.5. The first kappa shape index (κ1) is 31.5. The Morgan fingerprint density at radius 1 is 0.739 bits per heavy atom. The van der Waals surface area contributed by atoms with E-state index in [-0.39, 0.29) is 31.1 Å². The summed E-state index contributed by atoms with van der Waals surface area (Å²) in [6.07, 6.45) is 2.28. The Morgan fingerprint density at radius 2 is 1.35 bits per heavy atom. The monoisotopic (exact) mass is 638 g/mol. The number of urea groups is 1. The predicted molar refractivity (Wildman–Crippen MR) is 178 cm³/mol. The lowest BCUT2D eigenvalue weighted by atomic mass is 10.0. The van der Waals surface area contributed by atoms with Crippen LogP contribution in [0.15, 0.2) is 114 Å². The van der Waals surface area contributed by atoms with E-state index in [4.69, 9.17) is 0 Å². The summed E-state index contributed by atoms with van der Waals surface area (Å²) in [5, 5.41) is 13.1. The molecule has 3 amide bonds. The number of carbonyl (C=O) groups is 2. The van der Waals surface area contributed by atoms with Gasteiger partial charge in [0.05, 0.1) is 23.2 Å². The number of nitrogens with one attached hydrogen (secondary N) is 1. The van der Waals surface area contributed by atoms with Crippen molar-refractivity contribution in [1.29, 1.82) is 0 Å². The van der Waals surface area contributed by atoms with Crippen molar-refractivity contribution >= 4 is 27.6 Å². The number of hydrogen-bond donors (Lipinski definition) is 2. The van der Waals surface area contributed by atoms with Crippen molar-refractivity contribution in [3.8, 4) is 22.3 Å². The molecule has 0 saturated carbocycles. The topological polar surface area (TPSA) is 110 Å². The third-order valence-electron chi connectivity index (χ3n) is 8.84. The van der Waals surface area contributed by atoms with Gasteiger partial charge in [-0.25, -0.2) is 13.2 Å². The summed E-state index contributed by atoms with van der Waals surface area (Å²) in [6, 6.07) is 31.3. The second-order valence-corrected chi connectivity index (χ2v) is 13.5. The zero-order valence-corrected chi connectivity index (χ0v) is 26.4. The van der Waals surface area contributed by atoms with Crippen molar-refractivity contribution in [1.82, 2.24) is 14.1 Å². The largest absolute Gasteiger partial charge is 0.394 e. The zero-order valence-electron chi connectivity index (χ0n) is 25.5. The lowest BCUT2D eigenvalue weighted by Crippen LogP contribution is -2.64. The molecule has 238 valence electrons. The number of hydrogen-bond acceptors (Lipinski definition) is 5. The number of piperidine rings is 1. The minimum absolute atomic E-state index is 0.0623. The van der Waals surface area contributed by atoms with Gasteiger partial charge >= 0.3 is 6.03 Å². The van der Waals surface area contributed by atoms with Crippen LogP contribution < -0.4 is 5.32 Å². The molecule has 2 aliphatic heterocycles. The van der Waals surface area contributed by atoms with Gasteiger partial charge in [-0.1, -0.05) is 97.1 Å². The minimum atomic E-state index is -4.18. The molecule has 9 nitrogen and oxygen atoms in total. The van der Waals surface area contributed by atoms with Gasteiger partial charge in [0.15, 0.2) is 0 Å². The van der Waals surface area contributed by atoms with E-state index in [1.807, 2.05) is 84.9 Å². The number of aliphatic hydroxyl groups excluding tert-OH is 1. The standard InChI is InChI=1S/C36H38N4O5S/c41-26-29-17-11-12-22-39(29)35(42)33-25-38(36(43)37-32-20-9-7-18-30(32)27-13-3-1-4-14-27)23-24-40(33)46(44,45)34-21-10-8-19-31(34)28-15-5-2-6-16-28/h1-10,13-16,18-21,29,33,41H,11-12,17,22-26H2,(H,37,43). The molecule has 0 aliphatic carbocycles. The fraction of sp³-hybridized carbons (Fsp3) is 0.278. The van der Waals surface area contributed by atoms with Crippen LogP contribution >= 0.6 is 0 Å². The van der Waals surface area contributed by atoms with Crippen LogP contribution in [-0.4, -0.2) is 84.4 Å². The second-order valence-electron chi connectivity index (χ2n) is 11.6. The minimum Gasteiger partial charge on any atom is -0.394 e. The van der Waals surface area contributed by atoms with Gasteiger partial charge in [0, 0.05) is 37.3 Å². The number of anilines is 1. The quantitative estimate of drug-likeness (QED) is 0.286. The molecule has 0 bridgehead atoms. The van der Waals surface area contributed by atoms with E-state index in [2.05, 4.69) is 5.32 Å². The third-order valence-corrected chi connectivity index (χ3v) is 10.8. The SMILES string of the molecule is O=C(Nc1ccccc1-c1ccccc1)N1CCN(S(=O)(=O)c2ccccc2-c2ccccc2)C(C(=O)N2CCCCC2CO)C1. The third kappa shape index (κ3) is 6.42. The number of aliphatic hydroxyl groups is 1.